The molecule has 0 spiro atoms. The molecule has 2 amide bonds. The van der Waals surface area contributed by atoms with E-state index in [9.17, 15) is 9.59 Å². The van der Waals surface area contributed by atoms with Crippen LogP contribution in [0, 0.1) is 0 Å². The quantitative estimate of drug-likeness (QED) is 0.900. The van der Waals surface area contributed by atoms with Gasteiger partial charge in [-0.05, 0) is 30.7 Å². The number of carbonyl (C=O) groups excluding carboxylic acids is 1. The van der Waals surface area contributed by atoms with Crippen LogP contribution in [0.3, 0.4) is 0 Å². The molecule has 3 rings (SSSR count). The van der Waals surface area contributed by atoms with Gasteiger partial charge in [-0.1, -0.05) is 30.3 Å². The Balaban J connectivity index is 1.65. The van der Waals surface area contributed by atoms with Crippen LogP contribution >= 0.6 is 0 Å². The van der Waals surface area contributed by atoms with E-state index in [0.29, 0.717) is 19.7 Å². The molecule has 25 heavy (non-hydrogen) atoms. The first kappa shape index (κ1) is 16.8. The number of hydrogen-bond acceptors (Lipinski definition) is 3. The number of nitrogens with zero attached hydrogens (tertiary/aromatic N) is 1. The Hall–Kier alpha value is -3.02. The number of urea groups is 1. The molecule has 1 aliphatic rings. The first-order valence-electron chi connectivity index (χ1n) is 8.12. The van der Waals surface area contributed by atoms with Crippen molar-refractivity contribution in [3.05, 3.63) is 65.2 Å². The van der Waals surface area contributed by atoms with Crippen molar-refractivity contribution in [1.29, 1.82) is 0 Å². The summed E-state index contributed by atoms with van der Waals surface area (Å²) in [6, 6.07) is 14.0. The molecular weight excluding hydrogens is 320 g/mol. The highest BCUT2D eigenvalue weighted by molar-refractivity contribution is 5.87. The maximum atomic E-state index is 12.6. The fraction of sp³-hybridized carbons (Fsp3) is 0.263. The number of carbonyl (C=O) groups is 2. The number of nitrogens with one attached hydrogen (secondary N) is 1. The van der Waals surface area contributed by atoms with E-state index in [-0.39, 0.29) is 17.6 Å². The summed E-state index contributed by atoms with van der Waals surface area (Å²) in [5.74, 6) is -0.151. The number of aromatic carboxylic acids is 1. The van der Waals surface area contributed by atoms with E-state index in [1.54, 1.807) is 17.0 Å². The van der Waals surface area contributed by atoms with Gasteiger partial charge < -0.3 is 20.1 Å². The zero-order valence-corrected chi connectivity index (χ0v) is 13.9. The standard InChI is InChI=1S/C19H20N2O4/c1-13-12-25-17-5-3-2-4-16(17)11-21(13)19(24)20-10-14-6-8-15(9-7-14)18(22)23/h2-9,13H,10-12H2,1H3,(H,20,24)(H,22,23). The van der Waals surface area contributed by atoms with Crippen LogP contribution in [-0.2, 0) is 13.1 Å². The Morgan fingerprint density at radius 2 is 1.92 bits per heavy atom. The molecule has 1 aliphatic heterocycles. The molecule has 2 aromatic carbocycles. The highest BCUT2D eigenvalue weighted by atomic mass is 16.5. The molecule has 2 aromatic rings. The molecule has 0 radical (unpaired) electrons. The molecule has 1 heterocycles. The monoisotopic (exact) mass is 340 g/mol. The molecule has 2 N–H and O–H groups in total. The maximum absolute atomic E-state index is 12.6. The number of amides is 2. The molecule has 0 saturated carbocycles. The summed E-state index contributed by atoms with van der Waals surface area (Å²) in [6.45, 7) is 3.22. The molecule has 6 nitrogen and oxygen atoms in total. The fourth-order valence-electron chi connectivity index (χ4n) is 2.73. The highest BCUT2D eigenvalue weighted by Gasteiger charge is 2.25. The molecule has 0 saturated heterocycles. The molecule has 130 valence electrons. The van der Waals surface area contributed by atoms with E-state index in [2.05, 4.69) is 5.32 Å². The van der Waals surface area contributed by atoms with Crippen LogP contribution in [0.4, 0.5) is 4.79 Å². The smallest absolute Gasteiger partial charge is 0.335 e. The molecular formula is C19H20N2O4. The van der Waals surface area contributed by atoms with Gasteiger partial charge in [0.2, 0.25) is 0 Å². The van der Waals surface area contributed by atoms with E-state index >= 15 is 0 Å². The molecule has 1 unspecified atom stereocenters. The first-order chi connectivity index (χ1) is 12.0. The van der Waals surface area contributed by atoms with E-state index in [1.165, 1.54) is 12.1 Å². The van der Waals surface area contributed by atoms with Crippen molar-refractivity contribution >= 4 is 12.0 Å². The van der Waals surface area contributed by atoms with Gasteiger partial charge in [0.1, 0.15) is 12.4 Å². The minimum atomic E-state index is -0.965. The predicted octanol–water partition coefficient (Wildman–Crippen LogP) is 2.88. The van der Waals surface area contributed by atoms with Crippen molar-refractivity contribution < 1.29 is 19.4 Å². The molecule has 6 heteroatoms. The van der Waals surface area contributed by atoms with Gasteiger partial charge in [0.15, 0.2) is 0 Å². The third kappa shape index (κ3) is 3.91. The van der Waals surface area contributed by atoms with Crippen molar-refractivity contribution in [1.82, 2.24) is 10.2 Å². The zero-order valence-electron chi connectivity index (χ0n) is 13.9. The Morgan fingerprint density at radius 3 is 2.64 bits per heavy atom. The molecule has 0 bridgehead atoms. The fourth-order valence-corrected chi connectivity index (χ4v) is 2.73. The SMILES string of the molecule is CC1COc2ccccc2CN1C(=O)NCc1ccc(C(=O)O)cc1. The number of carboxylic acids is 1. The van der Waals surface area contributed by atoms with Crippen molar-refractivity contribution in [2.24, 2.45) is 0 Å². The summed E-state index contributed by atoms with van der Waals surface area (Å²) in [6.07, 6.45) is 0. The van der Waals surface area contributed by atoms with Crippen LogP contribution in [0.2, 0.25) is 0 Å². The Kier molecular flexibility index (Phi) is 4.88. The minimum Gasteiger partial charge on any atom is -0.491 e. The highest BCUT2D eigenvalue weighted by Crippen LogP contribution is 2.24. The third-order valence-electron chi connectivity index (χ3n) is 4.23. The van der Waals surface area contributed by atoms with E-state index < -0.39 is 5.97 Å². The van der Waals surface area contributed by atoms with Crippen molar-refractivity contribution in [3.63, 3.8) is 0 Å². The van der Waals surface area contributed by atoms with E-state index in [0.717, 1.165) is 16.9 Å². The lowest BCUT2D eigenvalue weighted by atomic mass is 10.1. The average molecular weight is 340 g/mol. The molecule has 1 atom stereocenters. The molecule has 0 fully saturated rings. The Labute approximate surface area is 146 Å². The lowest BCUT2D eigenvalue weighted by Gasteiger charge is -2.26. The van der Waals surface area contributed by atoms with Gasteiger partial charge in [0, 0.05) is 12.1 Å². The number of para-hydroxylation sites is 1. The summed E-state index contributed by atoms with van der Waals surface area (Å²) >= 11 is 0. The van der Waals surface area contributed by atoms with Gasteiger partial charge in [-0.15, -0.1) is 0 Å². The van der Waals surface area contributed by atoms with Gasteiger partial charge >= 0.3 is 12.0 Å². The zero-order chi connectivity index (χ0) is 17.8. The van der Waals surface area contributed by atoms with Gasteiger partial charge in [0.05, 0.1) is 18.2 Å². The van der Waals surface area contributed by atoms with Crippen LogP contribution in [0.25, 0.3) is 0 Å². The van der Waals surface area contributed by atoms with Gasteiger partial charge in [-0.25, -0.2) is 9.59 Å². The first-order valence-corrected chi connectivity index (χ1v) is 8.12. The number of carboxylic acid groups (broad SMARTS) is 1. The Morgan fingerprint density at radius 1 is 1.20 bits per heavy atom. The largest absolute Gasteiger partial charge is 0.491 e. The number of benzene rings is 2. The van der Waals surface area contributed by atoms with Crippen LogP contribution in [-0.4, -0.2) is 34.7 Å². The molecule has 0 aromatic heterocycles. The second-order valence-corrected chi connectivity index (χ2v) is 6.06. The minimum absolute atomic E-state index is 0.0539. The topological polar surface area (TPSA) is 78.9 Å². The van der Waals surface area contributed by atoms with Gasteiger partial charge in [-0.3, -0.25) is 0 Å². The van der Waals surface area contributed by atoms with Gasteiger partial charge in [-0.2, -0.15) is 0 Å². The van der Waals surface area contributed by atoms with Crippen molar-refractivity contribution in [2.45, 2.75) is 26.1 Å². The summed E-state index contributed by atoms with van der Waals surface area (Å²) in [5, 5.41) is 11.8. The van der Waals surface area contributed by atoms with E-state index in [1.807, 2.05) is 31.2 Å². The number of ether oxygens (including phenoxy) is 1. The Bertz CT molecular complexity index is 773. The van der Waals surface area contributed by atoms with Crippen molar-refractivity contribution in [3.8, 4) is 5.75 Å². The number of hydrogen-bond donors (Lipinski definition) is 2. The molecule has 0 aliphatic carbocycles. The van der Waals surface area contributed by atoms with Crippen LogP contribution in [0.15, 0.2) is 48.5 Å². The number of fused-ring (bicyclic) bond motifs is 1. The summed E-state index contributed by atoms with van der Waals surface area (Å²) in [4.78, 5) is 25.2. The average Bonchev–Trinajstić information content (AvgIpc) is 2.79. The second-order valence-electron chi connectivity index (χ2n) is 6.06. The van der Waals surface area contributed by atoms with Crippen molar-refractivity contribution in [2.75, 3.05) is 6.61 Å². The summed E-state index contributed by atoms with van der Waals surface area (Å²) < 4.78 is 5.76. The van der Waals surface area contributed by atoms with Crippen LogP contribution in [0.1, 0.15) is 28.4 Å². The lowest BCUT2D eigenvalue weighted by molar-refractivity contribution is 0.0697. The van der Waals surface area contributed by atoms with Crippen LogP contribution in [0.5, 0.6) is 5.75 Å². The van der Waals surface area contributed by atoms with E-state index in [4.69, 9.17) is 9.84 Å². The second kappa shape index (κ2) is 7.25. The third-order valence-corrected chi connectivity index (χ3v) is 4.23. The van der Waals surface area contributed by atoms with Crippen LogP contribution < -0.4 is 10.1 Å². The normalized spacial score (nSPS) is 16.4. The predicted molar refractivity (Wildman–Crippen MR) is 92.6 cm³/mol. The summed E-state index contributed by atoms with van der Waals surface area (Å²) in [7, 11) is 0. The maximum Gasteiger partial charge on any atom is 0.335 e. The summed E-state index contributed by atoms with van der Waals surface area (Å²) in [5.41, 5.74) is 2.05. The number of rotatable bonds is 3. The lowest BCUT2D eigenvalue weighted by Crippen LogP contribution is -2.45. The van der Waals surface area contributed by atoms with Gasteiger partial charge in [0.25, 0.3) is 0 Å².